The zero-order valence-electron chi connectivity index (χ0n) is 15.9. The van der Waals surface area contributed by atoms with Gasteiger partial charge in [-0.2, -0.15) is 0 Å². The molecule has 5 fully saturated rings. The zero-order valence-corrected chi connectivity index (χ0v) is 15.9. The second-order valence-corrected chi connectivity index (χ2v) is 9.33. The highest BCUT2D eigenvalue weighted by Crippen LogP contribution is 2.64. The van der Waals surface area contributed by atoms with E-state index in [2.05, 4.69) is 6.58 Å². The lowest BCUT2D eigenvalue weighted by Gasteiger charge is -2.56. The quantitative estimate of drug-likeness (QED) is 0.437. The number of esters is 2. The summed E-state index contributed by atoms with van der Waals surface area (Å²) in [6, 6.07) is 0. The van der Waals surface area contributed by atoms with Crippen LogP contribution in [0.2, 0.25) is 0 Å². The van der Waals surface area contributed by atoms with Crippen LogP contribution in [0.25, 0.3) is 0 Å². The fourth-order valence-corrected chi connectivity index (χ4v) is 5.91. The number of hydrogen-bond acceptors (Lipinski definition) is 7. The first-order valence-corrected chi connectivity index (χ1v) is 9.73. The molecule has 0 aromatic heterocycles. The number of aliphatic hydroxyl groups excluding tert-OH is 1. The van der Waals surface area contributed by atoms with Crippen molar-refractivity contribution in [1.29, 1.82) is 0 Å². The molecular formula is C20H26O7. The predicted molar refractivity (Wildman–Crippen MR) is 91.5 cm³/mol. The van der Waals surface area contributed by atoms with Crippen molar-refractivity contribution >= 4 is 11.9 Å². The molecule has 0 aromatic rings. The lowest BCUT2D eigenvalue weighted by molar-refractivity contribution is -0.207. The molecule has 0 unspecified atom stereocenters. The van der Waals surface area contributed by atoms with E-state index in [9.17, 15) is 14.7 Å². The maximum absolute atomic E-state index is 12.7. The zero-order chi connectivity index (χ0) is 19.4. The molecule has 27 heavy (non-hydrogen) atoms. The standard InChI is InChI=1S/C20H26O7/c1-9-13-11(21)7-18(3)12(25-17(23)19(4)10(2)27-19)5-6-20(8-24-20)15(18)14(13)26-16(9)22/h10-15,21H,1,5-8H2,2-4H3/t10-,11+,12+,13-,14+,15-,18+,19-,20-/m1/s1. The number of ether oxygens (including phenoxy) is 4. The number of carbonyl (C=O) groups is 2. The summed E-state index contributed by atoms with van der Waals surface area (Å²) in [5, 5.41) is 10.8. The fourth-order valence-electron chi connectivity index (χ4n) is 5.91. The van der Waals surface area contributed by atoms with Crippen LogP contribution in [-0.4, -0.2) is 59.3 Å². The third kappa shape index (κ3) is 2.19. The number of epoxide rings is 2. The number of fused-ring (bicyclic) bond motifs is 4. The van der Waals surface area contributed by atoms with Crippen molar-refractivity contribution in [3.05, 3.63) is 12.2 Å². The first kappa shape index (κ1) is 17.6. The normalized spacial score (nSPS) is 55.6. The van der Waals surface area contributed by atoms with Gasteiger partial charge in [-0.25, -0.2) is 9.59 Å². The van der Waals surface area contributed by atoms with Crippen molar-refractivity contribution in [2.45, 2.75) is 75.7 Å². The molecule has 7 nitrogen and oxygen atoms in total. The Balaban J connectivity index is 1.48. The Kier molecular flexibility index (Phi) is 3.35. The van der Waals surface area contributed by atoms with Gasteiger partial charge in [0.25, 0.3) is 0 Å². The number of aliphatic hydroxyl groups is 1. The highest BCUT2D eigenvalue weighted by molar-refractivity contribution is 5.91. The van der Waals surface area contributed by atoms with Crippen molar-refractivity contribution in [2.75, 3.05) is 6.61 Å². The molecule has 2 aliphatic carbocycles. The SMILES string of the molecule is C=C1C(=O)O[C@H]2[C@H]1[C@@H](O)C[C@@]1(C)[C@@H](OC(=O)[C@]3(C)O[C@@H]3C)CC[C@@]3(CO3)[C@H]21. The second-order valence-electron chi connectivity index (χ2n) is 9.33. The highest BCUT2D eigenvalue weighted by Gasteiger charge is 2.72. The second kappa shape index (κ2) is 5.13. The first-order chi connectivity index (χ1) is 12.6. The van der Waals surface area contributed by atoms with Crippen LogP contribution in [0.1, 0.15) is 40.0 Å². The summed E-state index contributed by atoms with van der Waals surface area (Å²) in [5.74, 6) is -1.37. The predicted octanol–water partition coefficient (Wildman–Crippen LogP) is 1.12. The number of rotatable bonds is 2. The van der Waals surface area contributed by atoms with Gasteiger partial charge in [-0.1, -0.05) is 13.5 Å². The summed E-state index contributed by atoms with van der Waals surface area (Å²) < 4.78 is 22.9. The molecule has 3 heterocycles. The molecule has 2 saturated carbocycles. The molecular weight excluding hydrogens is 352 g/mol. The van der Waals surface area contributed by atoms with E-state index in [-0.39, 0.29) is 29.7 Å². The molecule has 148 valence electrons. The molecule has 1 spiro atoms. The van der Waals surface area contributed by atoms with Gasteiger partial charge in [-0.15, -0.1) is 0 Å². The lowest BCUT2D eigenvalue weighted by atomic mass is 9.51. The third-order valence-corrected chi connectivity index (χ3v) is 7.81. The van der Waals surface area contributed by atoms with Gasteiger partial charge in [0.1, 0.15) is 12.2 Å². The molecule has 5 rings (SSSR count). The molecule has 9 atom stereocenters. The van der Waals surface area contributed by atoms with E-state index >= 15 is 0 Å². The highest BCUT2D eigenvalue weighted by atomic mass is 16.7. The van der Waals surface area contributed by atoms with E-state index in [4.69, 9.17) is 18.9 Å². The summed E-state index contributed by atoms with van der Waals surface area (Å²) in [6.45, 7) is 10.0. The van der Waals surface area contributed by atoms with Gasteiger partial charge in [0.15, 0.2) is 5.60 Å². The van der Waals surface area contributed by atoms with Crippen molar-refractivity contribution in [3.63, 3.8) is 0 Å². The average molecular weight is 378 g/mol. The molecule has 3 saturated heterocycles. The first-order valence-electron chi connectivity index (χ1n) is 9.73. The van der Waals surface area contributed by atoms with Crippen molar-refractivity contribution in [3.8, 4) is 0 Å². The maximum Gasteiger partial charge on any atom is 0.341 e. The summed E-state index contributed by atoms with van der Waals surface area (Å²) in [6.07, 6.45) is -0.00228. The average Bonchev–Trinajstić information content (AvgIpc) is 3.45. The van der Waals surface area contributed by atoms with Gasteiger partial charge in [0, 0.05) is 16.9 Å². The van der Waals surface area contributed by atoms with Crippen LogP contribution in [0, 0.1) is 17.3 Å². The van der Waals surface area contributed by atoms with E-state index in [0.29, 0.717) is 25.0 Å². The van der Waals surface area contributed by atoms with E-state index in [1.165, 1.54) is 0 Å². The molecule has 5 aliphatic rings. The Hall–Kier alpha value is -1.44. The monoisotopic (exact) mass is 378 g/mol. The van der Waals surface area contributed by atoms with Crippen molar-refractivity contribution < 1.29 is 33.6 Å². The molecule has 7 heteroatoms. The van der Waals surface area contributed by atoms with Crippen LogP contribution in [0.3, 0.4) is 0 Å². The Morgan fingerprint density at radius 3 is 2.63 bits per heavy atom. The number of carbonyl (C=O) groups excluding carboxylic acids is 2. The van der Waals surface area contributed by atoms with Crippen molar-refractivity contribution in [1.82, 2.24) is 0 Å². The minimum atomic E-state index is -0.888. The Morgan fingerprint density at radius 2 is 2.04 bits per heavy atom. The molecule has 3 aliphatic heterocycles. The molecule has 0 radical (unpaired) electrons. The third-order valence-electron chi connectivity index (χ3n) is 7.81. The van der Waals surface area contributed by atoms with Crippen LogP contribution in [0.5, 0.6) is 0 Å². The van der Waals surface area contributed by atoms with E-state index in [1.54, 1.807) is 6.92 Å². The summed E-state index contributed by atoms with van der Waals surface area (Å²) in [4.78, 5) is 24.8. The minimum absolute atomic E-state index is 0.140. The Bertz CT molecular complexity index is 743. The number of hydrogen-bond donors (Lipinski definition) is 1. The summed E-state index contributed by atoms with van der Waals surface area (Å²) in [7, 11) is 0. The van der Waals surface area contributed by atoms with Gasteiger partial charge in [0.05, 0.1) is 30.3 Å². The van der Waals surface area contributed by atoms with Gasteiger partial charge in [-0.3, -0.25) is 0 Å². The largest absolute Gasteiger partial charge is 0.460 e. The van der Waals surface area contributed by atoms with Crippen LogP contribution < -0.4 is 0 Å². The Morgan fingerprint density at radius 1 is 1.37 bits per heavy atom. The van der Waals surface area contributed by atoms with Crippen LogP contribution >= 0.6 is 0 Å². The lowest BCUT2D eigenvalue weighted by Crippen LogP contribution is -2.63. The minimum Gasteiger partial charge on any atom is -0.460 e. The van der Waals surface area contributed by atoms with Gasteiger partial charge >= 0.3 is 11.9 Å². The van der Waals surface area contributed by atoms with E-state index < -0.39 is 35.1 Å². The summed E-state index contributed by atoms with van der Waals surface area (Å²) in [5.41, 5.74) is -1.47. The molecule has 0 bridgehead atoms. The van der Waals surface area contributed by atoms with Crippen LogP contribution in [0.4, 0.5) is 0 Å². The molecule has 0 amide bonds. The van der Waals surface area contributed by atoms with Crippen molar-refractivity contribution in [2.24, 2.45) is 17.3 Å². The van der Waals surface area contributed by atoms with E-state index in [0.717, 1.165) is 6.42 Å². The topological polar surface area (TPSA) is 97.9 Å². The summed E-state index contributed by atoms with van der Waals surface area (Å²) >= 11 is 0. The fraction of sp³-hybridized carbons (Fsp3) is 0.800. The van der Waals surface area contributed by atoms with Crippen LogP contribution in [0.15, 0.2) is 12.2 Å². The maximum atomic E-state index is 12.7. The Labute approximate surface area is 158 Å². The van der Waals surface area contributed by atoms with Gasteiger partial charge in [-0.05, 0) is 33.1 Å². The molecule has 0 aromatic carbocycles. The van der Waals surface area contributed by atoms with Gasteiger partial charge < -0.3 is 24.1 Å². The smallest absolute Gasteiger partial charge is 0.341 e. The van der Waals surface area contributed by atoms with E-state index in [1.807, 2.05) is 13.8 Å². The van der Waals surface area contributed by atoms with Gasteiger partial charge in [0.2, 0.25) is 0 Å². The van der Waals surface area contributed by atoms with Crippen LogP contribution in [-0.2, 0) is 28.5 Å². The molecule has 1 N–H and O–H groups in total.